The van der Waals surface area contributed by atoms with Crippen molar-refractivity contribution in [3.8, 4) is 0 Å². The maximum Gasteiger partial charge on any atom is 0.166 e. The standard InChI is InChI=1S/C11H16N2O/c1-4-5-6-7-11(14)10-8-12-13(3)9(10)2/h4,8H,1,5-7H2,2-3H3. The molecule has 0 aliphatic carbocycles. The molecule has 0 radical (unpaired) electrons. The maximum atomic E-state index is 11.7. The van der Waals surface area contributed by atoms with Crippen molar-refractivity contribution in [3.05, 3.63) is 30.1 Å². The molecule has 76 valence electrons. The molecule has 1 aromatic heterocycles. The Morgan fingerprint density at radius 1 is 1.71 bits per heavy atom. The third kappa shape index (κ3) is 2.31. The monoisotopic (exact) mass is 192 g/mol. The summed E-state index contributed by atoms with van der Waals surface area (Å²) in [6, 6.07) is 0. The molecule has 0 aromatic carbocycles. The van der Waals surface area contributed by atoms with Gasteiger partial charge in [0.15, 0.2) is 5.78 Å². The number of nitrogens with zero attached hydrogens (tertiary/aromatic N) is 2. The van der Waals surface area contributed by atoms with Crippen molar-refractivity contribution in [3.63, 3.8) is 0 Å². The van der Waals surface area contributed by atoms with Gasteiger partial charge in [0, 0.05) is 19.2 Å². The van der Waals surface area contributed by atoms with E-state index >= 15 is 0 Å². The highest BCUT2D eigenvalue weighted by Gasteiger charge is 2.11. The Balaban J connectivity index is 2.61. The number of hydrogen-bond donors (Lipinski definition) is 0. The predicted molar refractivity (Wildman–Crippen MR) is 56.3 cm³/mol. The fourth-order valence-corrected chi connectivity index (χ4v) is 1.31. The molecule has 0 saturated carbocycles. The lowest BCUT2D eigenvalue weighted by Gasteiger charge is -1.98. The number of ketones is 1. The first kappa shape index (κ1) is 10.7. The molecule has 3 nitrogen and oxygen atoms in total. The Hall–Kier alpha value is -1.38. The van der Waals surface area contributed by atoms with Crippen molar-refractivity contribution in [2.24, 2.45) is 7.05 Å². The molecule has 1 aromatic rings. The Kier molecular flexibility index (Phi) is 3.63. The molecule has 0 unspecified atom stereocenters. The molecule has 1 rings (SSSR count). The third-order valence-corrected chi connectivity index (χ3v) is 2.35. The highest BCUT2D eigenvalue weighted by atomic mass is 16.1. The quantitative estimate of drug-likeness (QED) is 0.407. The first-order chi connectivity index (χ1) is 6.66. The summed E-state index contributed by atoms with van der Waals surface area (Å²) in [5.41, 5.74) is 1.69. The smallest absolute Gasteiger partial charge is 0.166 e. The molecule has 0 atom stereocenters. The van der Waals surface area contributed by atoms with Crippen LogP contribution in [-0.4, -0.2) is 15.6 Å². The van der Waals surface area contributed by atoms with E-state index in [0.29, 0.717) is 6.42 Å². The number of carbonyl (C=O) groups excluding carboxylic acids is 1. The van der Waals surface area contributed by atoms with Crippen LogP contribution in [0.15, 0.2) is 18.9 Å². The molecule has 0 saturated heterocycles. The topological polar surface area (TPSA) is 34.9 Å². The van der Waals surface area contributed by atoms with Gasteiger partial charge in [-0.1, -0.05) is 6.08 Å². The zero-order valence-electron chi connectivity index (χ0n) is 8.79. The van der Waals surface area contributed by atoms with Gasteiger partial charge in [-0.25, -0.2) is 0 Å². The van der Waals surface area contributed by atoms with E-state index in [0.717, 1.165) is 24.1 Å². The number of carbonyl (C=O) groups is 1. The number of hydrogen-bond acceptors (Lipinski definition) is 2. The molecule has 0 bridgehead atoms. The van der Waals surface area contributed by atoms with Crippen molar-refractivity contribution in [1.82, 2.24) is 9.78 Å². The van der Waals surface area contributed by atoms with Crippen molar-refractivity contribution in [2.45, 2.75) is 26.2 Å². The first-order valence-electron chi connectivity index (χ1n) is 4.79. The zero-order chi connectivity index (χ0) is 10.6. The zero-order valence-corrected chi connectivity index (χ0v) is 8.79. The SMILES string of the molecule is C=CCCCC(=O)c1cnn(C)c1C. The van der Waals surface area contributed by atoms with E-state index in [1.54, 1.807) is 10.9 Å². The maximum absolute atomic E-state index is 11.7. The molecular weight excluding hydrogens is 176 g/mol. The number of unbranched alkanes of at least 4 members (excludes halogenated alkanes) is 1. The summed E-state index contributed by atoms with van der Waals surface area (Å²) in [6.07, 6.45) is 5.83. The predicted octanol–water partition coefficient (Wildman–Crippen LogP) is 2.27. The van der Waals surface area contributed by atoms with Crippen LogP contribution >= 0.6 is 0 Å². The van der Waals surface area contributed by atoms with Gasteiger partial charge in [0.25, 0.3) is 0 Å². The number of allylic oxidation sites excluding steroid dienone is 1. The highest BCUT2D eigenvalue weighted by Crippen LogP contribution is 2.10. The first-order valence-corrected chi connectivity index (χ1v) is 4.79. The normalized spacial score (nSPS) is 10.1. The lowest BCUT2D eigenvalue weighted by Crippen LogP contribution is -2.01. The second-order valence-corrected chi connectivity index (χ2v) is 3.37. The molecule has 1 heterocycles. The number of Topliss-reactive ketones (excluding diaryl/α,β-unsaturated/α-hetero) is 1. The highest BCUT2D eigenvalue weighted by molar-refractivity contribution is 5.96. The van der Waals surface area contributed by atoms with Crippen LogP contribution in [-0.2, 0) is 7.05 Å². The summed E-state index contributed by atoms with van der Waals surface area (Å²) in [7, 11) is 1.84. The van der Waals surface area contributed by atoms with Gasteiger partial charge in [-0.15, -0.1) is 6.58 Å². The van der Waals surface area contributed by atoms with Crippen molar-refractivity contribution >= 4 is 5.78 Å². The van der Waals surface area contributed by atoms with Gasteiger partial charge in [-0.3, -0.25) is 9.48 Å². The summed E-state index contributed by atoms with van der Waals surface area (Å²) in [4.78, 5) is 11.7. The van der Waals surface area contributed by atoms with E-state index in [9.17, 15) is 4.79 Å². The fraction of sp³-hybridized carbons (Fsp3) is 0.455. The number of aromatic nitrogens is 2. The summed E-state index contributed by atoms with van der Waals surface area (Å²) in [5, 5.41) is 4.04. The van der Waals surface area contributed by atoms with E-state index < -0.39 is 0 Å². The fourth-order valence-electron chi connectivity index (χ4n) is 1.31. The van der Waals surface area contributed by atoms with E-state index in [1.807, 2.05) is 20.0 Å². The van der Waals surface area contributed by atoms with Crippen LogP contribution in [0.1, 0.15) is 35.3 Å². The Bertz CT molecular complexity index is 339. The van der Waals surface area contributed by atoms with Crippen molar-refractivity contribution in [1.29, 1.82) is 0 Å². The van der Waals surface area contributed by atoms with Gasteiger partial charge in [-0.05, 0) is 19.8 Å². The summed E-state index contributed by atoms with van der Waals surface area (Å²) in [6.45, 7) is 5.53. The van der Waals surface area contributed by atoms with Gasteiger partial charge in [0.2, 0.25) is 0 Å². The largest absolute Gasteiger partial charge is 0.294 e. The molecule has 3 heteroatoms. The van der Waals surface area contributed by atoms with Crippen LogP contribution in [0, 0.1) is 6.92 Å². The van der Waals surface area contributed by atoms with Crippen LogP contribution in [0.3, 0.4) is 0 Å². The van der Waals surface area contributed by atoms with Gasteiger partial charge >= 0.3 is 0 Å². The number of rotatable bonds is 5. The van der Waals surface area contributed by atoms with Gasteiger partial charge in [0.1, 0.15) is 0 Å². The van der Waals surface area contributed by atoms with Crippen LogP contribution in [0.5, 0.6) is 0 Å². The lowest BCUT2D eigenvalue weighted by molar-refractivity contribution is 0.0979. The average Bonchev–Trinajstić information content (AvgIpc) is 2.48. The molecule has 0 aliphatic rings. The van der Waals surface area contributed by atoms with Crippen molar-refractivity contribution < 1.29 is 4.79 Å². The molecule has 0 fully saturated rings. The van der Waals surface area contributed by atoms with E-state index in [2.05, 4.69) is 11.7 Å². The van der Waals surface area contributed by atoms with E-state index in [4.69, 9.17) is 0 Å². The summed E-state index contributed by atoms with van der Waals surface area (Å²) in [5.74, 6) is 0.178. The molecule has 0 aliphatic heterocycles. The Morgan fingerprint density at radius 3 is 2.93 bits per heavy atom. The molecule has 14 heavy (non-hydrogen) atoms. The Labute approximate surface area is 84.4 Å². The molecule has 0 spiro atoms. The third-order valence-electron chi connectivity index (χ3n) is 2.35. The second kappa shape index (κ2) is 4.74. The minimum atomic E-state index is 0.178. The van der Waals surface area contributed by atoms with Gasteiger partial charge < -0.3 is 0 Å². The van der Waals surface area contributed by atoms with E-state index in [1.165, 1.54) is 0 Å². The van der Waals surface area contributed by atoms with Crippen LogP contribution in [0.2, 0.25) is 0 Å². The summed E-state index contributed by atoms with van der Waals surface area (Å²) < 4.78 is 1.72. The minimum Gasteiger partial charge on any atom is -0.294 e. The van der Waals surface area contributed by atoms with Crippen LogP contribution in [0.4, 0.5) is 0 Å². The average molecular weight is 192 g/mol. The van der Waals surface area contributed by atoms with E-state index in [-0.39, 0.29) is 5.78 Å². The van der Waals surface area contributed by atoms with Gasteiger partial charge in [0.05, 0.1) is 11.8 Å². The summed E-state index contributed by atoms with van der Waals surface area (Å²) >= 11 is 0. The molecule has 0 amide bonds. The van der Waals surface area contributed by atoms with Gasteiger partial charge in [-0.2, -0.15) is 5.10 Å². The Morgan fingerprint density at radius 2 is 2.43 bits per heavy atom. The van der Waals surface area contributed by atoms with Crippen LogP contribution < -0.4 is 0 Å². The van der Waals surface area contributed by atoms with Crippen LogP contribution in [0.25, 0.3) is 0 Å². The lowest BCUT2D eigenvalue weighted by atomic mass is 10.1. The molecular formula is C11H16N2O. The van der Waals surface area contributed by atoms with Crippen molar-refractivity contribution in [2.75, 3.05) is 0 Å². The molecule has 0 N–H and O–H groups in total. The number of aryl methyl sites for hydroxylation is 1. The minimum absolute atomic E-state index is 0.178. The second-order valence-electron chi connectivity index (χ2n) is 3.37.